The standard InChI is InChI=1S/C20H25N7O.HI/c21-19(25-11-13-26(14-12-25)20-22-8-2-9-23-20)24-15-16-4-6-17(7-5-16)27-10-1-3-18(27)28;/h2,4-9H,1,3,10-15H2,(H2,21,24);1H. The molecule has 0 saturated carbocycles. The summed E-state index contributed by atoms with van der Waals surface area (Å²) in [6.45, 7) is 4.57. The Morgan fingerprint density at radius 2 is 1.72 bits per heavy atom. The van der Waals surface area contributed by atoms with E-state index in [0.29, 0.717) is 18.9 Å². The van der Waals surface area contributed by atoms with Crippen LogP contribution in [-0.4, -0.2) is 59.5 Å². The smallest absolute Gasteiger partial charge is 0.227 e. The predicted molar refractivity (Wildman–Crippen MR) is 125 cm³/mol. The number of aromatic nitrogens is 2. The molecule has 0 bridgehead atoms. The summed E-state index contributed by atoms with van der Waals surface area (Å²) < 4.78 is 0. The lowest BCUT2D eigenvalue weighted by atomic mass is 10.2. The summed E-state index contributed by atoms with van der Waals surface area (Å²) in [6.07, 6.45) is 5.10. The molecule has 1 amide bonds. The van der Waals surface area contributed by atoms with Crippen LogP contribution in [0.1, 0.15) is 18.4 Å². The summed E-state index contributed by atoms with van der Waals surface area (Å²) in [5.41, 5.74) is 8.24. The molecule has 8 nitrogen and oxygen atoms in total. The highest BCUT2D eigenvalue weighted by molar-refractivity contribution is 14.0. The maximum Gasteiger partial charge on any atom is 0.227 e. The highest BCUT2D eigenvalue weighted by atomic mass is 127. The second-order valence-electron chi connectivity index (χ2n) is 7.01. The van der Waals surface area contributed by atoms with E-state index >= 15 is 0 Å². The largest absolute Gasteiger partial charge is 0.370 e. The van der Waals surface area contributed by atoms with E-state index in [2.05, 4.69) is 24.8 Å². The molecule has 2 aliphatic rings. The van der Waals surface area contributed by atoms with Gasteiger partial charge in [-0.15, -0.1) is 24.0 Å². The fourth-order valence-electron chi connectivity index (χ4n) is 3.56. The Morgan fingerprint density at radius 1 is 1.03 bits per heavy atom. The van der Waals surface area contributed by atoms with Gasteiger partial charge < -0.3 is 20.4 Å². The molecule has 0 atom stereocenters. The average molecular weight is 507 g/mol. The molecule has 0 spiro atoms. The van der Waals surface area contributed by atoms with Crippen LogP contribution in [0.2, 0.25) is 0 Å². The number of nitrogens with two attached hydrogens (primary N) is 1. The monoisotopic (exact) mass is 507 g/mol. The number of rotatable bonds is 4. The van der Waals surface area contributed by atoms with E-state index in [-0.39, 0.29) is 29.9 Å². The molecule has 9 heteroatoms. The third-order valence-corrected chi connectivity index (χ3v) is 5.18. The van der Waals surface area contributed by atoms with Gasteiger partial charge in [0.05, 0.1) is 6.54 Å². The van der Waals surface area contributed by atoms with Gasteiger partial charge in [0.2, 0.25) is 11.9 Å². The second-order valence-corrected chi connectivity index (χ2v) is 7.01. The number of benzene rings is 1. The Hall–Kier alpha value is -2.43. The summed E-state index contributed by atoms with van der Waals surface area (Å²) in [5, 5.41) is 0. The lowest BCUT2D eigenvalue weighted by molar-refractivity contribution is -0.117. The maximum atomic E-state index is 11.8. The number of carbonyl (C=O) groups excluding carboxylic acids is 1. The number of carbonyl (C=O) groups is 1. The molecular formula is C20H26IN7O. The summed E-state index contributed by atoms with van der Waals surface area (Å²) >= 11 is 0. The van der Waals surface area contributed by atoms with Gasteiger partial charge in [-0.3, -0.25) is 4.79 Å². The van der Waals surface area contributed by atoms with Gasteiger partial charge in [-0.05, 0) is 30.2 Å². The molecule has 0 aliphatic carbocycles. The van der Waals surface area contributed by atoms with Crippen molar-refractivity contribution in [3.63, 3.8) is 0 Å². The number of hydrogen-bond donors (Lipinski definition) is 1. The Kier molecular flexibility index (Phi) is 7.24. The molecule has 2 N–H and O–H groups in total. The highest BCUT2D eigenvalue weighted by Gasteiger charge is 2.22. The predicted octanol–water partition coefficient (Wildman–Crippen LogP) is 1.86. The van der Waals surface area contributed by atoms with Crippen molar-refractivity contribution in [2.24, 2.45) is 10.7 Å². The van der Waals surface area contributed by atoms with Gasteiger partial charge in [0.15, 0.2) is 5.96 Å². The number of hydrogen-bond acceptors (Lipinski definition) is 5. The van der Waals surface area contributed by atoms with Crippen LogP contribution < -0.4 is 15.5 Å². The van der Waals surface area contributed by atoms with Gasteiger partial charge in [-0.2, -0.15) is 0 Å². The fraction of sp³-hybridized carbons (Fsp3) is 0.400. The van der Waals surface area contributed by atoms with E-state index in [9.17, 15) is 4.79 Å². The van der Waals surface area contributed by atoms with Crippen molar-refractivity contribution in [3.8, 4) is 0 Å². The molecule has 4 rings (SSSR count). The fourth-order valence-corrected chi connectivity index (χ4v) is 3.56. The van der Waals surface area contributed by atoms with Gasteiger partial charge in [0, 0.05) is 57.2 Å². The molecule has 29 heavy (non-hydrogen) atoms. The Balaban J connectivity index is 0.00000240. The van der Waals surface area contributed by atoms with Crippen LogP contribution in [0.15, 0.2) is 47.7 Å². The van der Waals surface area contributed by atoms with Crippen molar-refractivity contribution in [2.75, 3.05) is 42.5 Å². The summed E-state index contributed by atoms with van der Waals surface area (Å²) in [4.78, 5) is 31.1. The summed E-state index contributed by atoms with van der Waals surface area (Å²) in [5.74, 6) is 1.52. The molecule has 1 aromatic heterocycles. The average Bonchev–Trinajstić information content (AvgIpc) is 3.19. The molecule has 1 aromatic carbocycles. The van der Waals surface area contributed by atoms with Crippen molar-refractivity contribution in [3.05, 3.63) is 48.3 Å². The lowest BCUT2D eigenvalue weighted by Crippen LogP contribution is -2.51. The van der Waals surface area contributed by atoms with Gasteiger partial charge in [0.25, 0.3) is 0 Å². The molecular weight excluding hydrogens is 481 g/mol. The van der Waals surface area contributed by atoms with Crippen LogP contribution in [0.4, 0.5) is 11.6 Å². The van der Waals surface area contributed by atoms with E-state index in [1.165, 1.54) is 0 Å². The molecule has 2 aliphatic heterocycles. The van der Waals surface area contributed by atoms with Crippen molar-refractivity contribution >= 4 is 47.5 Å². The number of amides is 1. The van der Waals surface area contributed by atoms with Crippen LogP contribution in [0.5, 0.6) is 0 Å². The zero-order valence-electron chi connectivity index (χ0n) is 16.3. The molecule has 0 unspecified atom stereocenters. The van der Waals surface area contributed by atoms with E-state index in [1.54, 1.807) is 12.4 Å². The van der Waals surface area contributed by atoms with Gasteiger partial charge in [-0.1, -0.05) is 12.1 Å². The number of anilines is 2. The van der Waals surface area contributed by atoms with E-state index in [0.717, 1.165) is 56.3 Å². The third kappa shape index (κ3) is 5.14. The zero-order chi connectivity index (χ0) is 19.3. The second kappa shape index (κ2) is 9.86. The highest BCUT2D eigenvalue weighted by Crippen LogP contribution is 2.21. The number of halogens is 1. The molecule has 154 valence electrons. The zero-order valence-corrected chi connectivity index (χ0v) is 18.6. The topological polar surface area (TPSA) is 91.0 Å². The lowest BCUT2D eigenvalue weighted by Gasteiger charge is -2.35. The van der Waals surface area contributed by atoms with Crippen LogP contribution in [-0.2, 0) is 11.3 Å². The van der Waals surface area contributed by atoms with Gasteiger partial charge in [-0.25, -0.2) is 15.0 Å². The Labute approximate surface area is 187 Å². The van der Waals surface area contributed by atoms with E-state index < -0.39 is 0 Å². The van der Waals surface area contributed by atoms with Gasteiger partial charge >= 0.3 is 0 Å². The first-order valence-electron chi connectivity index (χ1n) is 9.67. The van der Waals surface area contributed by atoms with E-state index in [1.807, 2.05) is 35.2 Å². The first-order valence-corrected chi connectivity index (χ1v) is 9.67. The molecule has 2 aromatic rings. The normalized spacial score (nSPS) is 17.4. The number of nitrogens with zero attached hydrogens (tertiary/aromatic N) is 6. The molecule has 2 fully saturated rings. The van der Waals surface area contributed by atoms with Crippen molar-refractivity contribution in [1.82, 2.24) is 14.9 Å². The Bertz CT molecular complexity index is 836. The van der Waals surface area contributed by atoms with Crippen LogP contribution in [0.3, 0.4) is 0 Å². The first-order chi connectivity index (χ1) is 13.7. The quantitative estimate of drug-likeness (QED) is 0.386. The molecule has 0 radical (unpaired) electrons. The molecule has 2 saturated heterocycles. The minimum absolute atomic E-state index is 0. The van der Waals surface area contributed by atoms with Crippen molar-refractivity contribution in [1.29, 1.82) is 0 Å². The van der Waals surface area contributed by atoms with Crippen molar-refractivity contribution in [2.45, 2.75) is 19.4 Å². The SMILES string of the molecule is I.NC(=NCc1ccc(N2CCCC2=O)cc1)N1CCN(c2ncccn2)CC1. The first kappa shape index (κ1) is 21.3. The van der Waals surface area contributed by atoms with Crippen LogP contribution in [0, 0.1) is 0 Å². The number of piperazine rings is 1. The van der Waals surface area contributed by atoms with Crippen LogP contribution >= 0.6 is 24.0 Å². The maximum absolute atomic E-state index is 11.8. The minimum Gasteiger partial charge on any atom is -0.370 e. The van der Waals surface area contributed by atoms with E-state index in [4.69, 9.17) is 5.73 Å². The minimum atomic E-state index is 0. The Morgan fingerprint density at radius 3 is 2.34 bits per heavy atom. The number of guanidine groups is 1. The van der Waals surface area contributed by atoms with Gasteiger partial charge in [0.1, 0.15) is 0 Å². The summed E-state index contributed by atoms with van der Waals surface area (Å²) in [6, 6.07) is 9.83. The van der Waals surface area contributed by atoms with Crippen LogP contribution in [0.25, 0.3) is 0 Å². The summed E-state index contributed by atoms with van der Waals surface area (Å²) in [7, 11) is 0. The third-order valence-electron chi connectivity index (χ3n) is 5.18. The molecule has 3 heterocycles. The van der Waals surface area contributed by atoms with Crippen molar-refractivity contribution < 1.29 is 4.79 Å². The number of aliphatic imine (C=N–C) groups is 1.